The fourth-order valence-electron chi connectivity index (χ4n) is 2.08. The summed E-state index contributed by atoms with van der Waals surface area (Å²) in [6, 6.07) is 3.98. The van der Waals surface area contributed by atoms with Crippen molar-refractivity contribution in [3.63, 3.8) is 0 Å². The number of methoxy groups -OCH3 is 1. The van der Waals surface area contributed by atoms with E-state index in [1.807, 2.05) is 26.8 Å². The number of carbonyl (C=O) groups is 1. The van der Waals surface area contributed by atoms with Crippen molar-refractivity contribution in [2.45, 2.75) is 45.1 Å². The predicted molar refractivity (Wildman–Crippen MR) is 70.8 cm³/mol. The number of amides is 1. The van der Waals surface area contributed by atoms with Crippen LogP contribution >= 0.6 is 0 Å². The first kappa shape index (κ1) is 12.9. The lowest BCUT2D eigenvalue weighted by Gasteiger charge is -2.34. The highest BCUT2D eigenvalue weighted by molar-refractivity contribution is 5.88. The normalized spacial score (nSPS) is 15.3. The number of ether oxygens (including phenoxy) is 1. The Morgan fingerprint density at radius 3 is 2.61 bits per heavy atom. The SMILES string of the molecule is COC(=O)N(c1ncccc1C1CC1)C(C)(C)C. The second-order valence-electron chi connectivity index (χ2n) is 5.67. The van der Waals surface area contributed by atoms with Crippen LogP contribution in [0.1, 0.15) is 45.1 Å². The van der Waals surface area contributed by atoms with Crippen molar-refractivity contribution < 1.29 is 9.53 Å². The zero-order valence-electron chi connectivity index (χ0n) is 11.4. The van der Waals surface area contributed by atoms with Crippen molar-refractivity contribution in [2.24, 2.45) is 0 Å². The van der Waals surface area contributed by atoms with Gasteiger partial charge in [0.2, 0.25) is 0 Å². The Balaban J connectivity index is 2.45. The minimum Gasteiger partial charge on any atom is -0.452 e. The van der Waals surface area contributed by atoms with Gasteiger partial charge in [0.15, 0.2) is 0 Å². The molecule has 0 N–H and O–H groups in total. The van der Waals surface area contributed by atoms with Crippen molar-refractivity contribution in [3.05, 3.63) is 23.9 Å². The smallest absolute Gasteiger partial charge is 0.415 e. The number of rotatable bonds is 2. The maximum atomic E-state index is 12.0. The van der Waals surface area contributed by atoms with Crippen LogP contribution in [0.5, 0.6) is 0 Å². The van der Waals surface area contributed by atoms with E-state index < -0.39 is 0 Å². The molecule has 0 unspecified atom stereocenters. The molecule has 2 rings (SSSR count). The van der Waals surface area contributed by atoms with E-state index in [9.17, 15) is 4.79 Å². The van der Waals surface area contributed by atoms with Gasteiger partial charge in [-0.15, -0.1) is 0 Å². The zero-order valence-corrected chi connectivity index (χ0v) is 11.4. The van der Waals surface area contributed by atoms with Crippen LogP contribution in [0.4, 0.5) is 10.6 Å². The lowest BCUT2D eigenvalue weighted by atomic mass is 10.0. The summed E-state index contributed by atoms with van der Waals surface area (Å²) in [6.07, 6.45) is 3.72. The number of aromatic nitrogens is 1. The summed E-state index contributed by atoms with van der Waals surface area (Å²) in [5, 5.41) is 0. The third-order valence-corrected chi connectivity index (χ3v) is 3.07. The van der Waals surface area contributed by atoms with Gasteiger partial charge in [-0.1, -0.05) is 6.07 Å². The molecule has 4 nitrogen and oxygen atoms in total. The van der Waals surface area contributed by atoms with E-state index in [-0.39, 0.29) is 11.6 Å². The second-order valence-corrected chi connectivity index (χ2v) is 5.67. The summed E-state index contributed by atoms with van der Waals surface area (Å²) < 4.78 is 4.90. The third-order valence-electron chi connectivity index (χ3n) is 3.07. The highest BCUT2D eigenvalue weighted by Gasteiger charge is 2.35. The quantitative estimate of drug-likeness (QED) is 0.806. The maximum Gasteiger partial charge on any atom is 0.415 e. The Kier molecular flexibility index (Phi) is 3.28. The van der Waals surface area contributed by atoms with Gasteiger partial charge >= 0.3 is 6.09 Å². The summed E-state index contributed by atoms with van der Waals surface area (Å²) in [5.74, 6) is 1.28. The minimum absolute atomic E-state index is 0.356. The predicted octanol–water partition coefficient (Wildman–Crippen LogP) is 3.33. The monoisotopic (exact) mass is 248 g/mol. The van der Waals surface area contributed by atoms with Crippen LogP contribution in [0.25, 0.3) is 0 Å². The standard InChI is InChI=1S/C14H20N2O2/c1-14(2,3)16(13(17)18-4)12-11(10-7-8-10)6-5-9-15-12/h5-6,9-10H,7-8H2,1-4H3. The largest absolute Gasteiger partial charge is 0.452 e. The molecule has 0 saturated heterocycles. The molecule has 0 bridgehead atoms. The summed E-state index contributed by atoms with van der Waals surface area (Å²) >= 11 is 0. The molecule has 1 aliphatic rings. The van der Waals surface area contributed by atoms with Crippen molar-refractivity contribution in [1.29, 1.82) is 0 Å². The van der Waals surface area contributed by atoms with Gasteiger partial charge in [-0.25, -0.2) is 9.78 Å². The van der Waals surface area contributed by atoms with E-state index >= 15 is 0 Å². The molecule has 1 heterocycles. The molecule has 98 valence electrons. The third kappa shape index (κ3) is 2.47. The van der Waals surface area contributed by atoms with Gasteiger partial charge in [-0.3, -0.25) is 4.90 Å². The molecule has 4 heteroatoms. The second kappa shape index (κ2) is 4.59. The van der Waals surface area contributed by atoms with Gasteiger partial charge in [0.25, 0.3) is 0 Å². The maximum absolute atomic E-state index is 12.0. The number of nitrogens with zero attached hydrogens (tertiary/aromatic N) is 2. The van der Waals surface area contributed by atoms with E-state index in [2.05, 4.69) is 11.1 Å². The zero-order chi connectivity index (χ0) is 13.3. The van der Waals surface area contributed by atoms with Gasteiger partial charge < -0.3 is 4.74 Å². The fourth-order valence-corrected chi connectivity index (χ4v) is 2.08. The van der Waals surface area contributed by atoms with Gasteiger partial charge in [-0.2, -0.15) is 0 Å². The molecule has 1 saturated carbocycles. The van der Waals surface area contributed by atoms with Crippen LogP contribution in [-0.4, -0.2) is 23.7 Å². The molecule has 18 heavy (non-hydrogen) atoms. The summed E-state index contributed by atoms with van der Waals surface area (Å²) in [7, 11) is 1.40. The van der Waals surface area contributed by atoms with Crippen LogP contribution in [0.3, 0.4) is 0 Å². The van der Waals surface area contributed by atoms with Crippen LogP contribution in [0, 0.1) is 0 Å². The fraction of sp³-hybridized carbons (Fsp3) is 0.571. The van der Waals surface area contributed by atoms with E-state index in [1.54, 1.807) is 11.1 Å². The molecule has 0 aliphatic heterocycles. The molecule has 1 amide bonds. The van der Waals surface area contributed by atoms with E-state index in [1.165, 1.54) is 20.0 Å². The molecular weight excluding hydrogens is 228 g/mol. The first-order valence-electron chi connectivity index (χ1n) is 6.28. The summed E-state index contributed by atoms with van der Waals surface area (Å²) in [6.45, 7) is 5.94. The van der Waals surface area contributed by atoms with Crippen molar-refractivity contribution in [3.8, 4) is 0 Å². The Morgan fingerprint density at radius 1 is 1.44 bits per heavy atom. The number of hydrogen-bond donors (Lipinski definition) is 0. The number of anilines is 1. The molecule has 0 atom stereocenters. The first-order valence-corrected chi connectivity index (χ1v) is 6.28. The topological polar surface area (TPSA) is 42.4 Å². The molecule has 1 fully saturated rings. The Labute approximate surface area is 108 Å². The highest BCUT2D eigenvalue weighted by Crippen LogP contribution is 2.44. The molecule has 1 aromatic rings. The van der Waals surface area contributed by atoms with Gasteiger partial charge in [0.1, 0.15) is 5.82 Å². The van der Waals surface area contributed by atoms with E-state index in [0.29, 0.717) is 5.92 Å². The lowest BCUT2D eigenvalue weighted by Crippen LogP contribution is -2.46. The average Bonchev–Trinajstić information content (AvgIpc) is 3.12. The molecular formula is C14H20N2O2. The lowest BCUT2D eigenvalue weighted by molar-refractivity contribution is 0.172. The minimum atomic E-state index is -0.358. The Hall–Kier alpha value is -1.58. The van der Waals surface area contributed by atoms with Gasteiger partial charge in [-0.05, 0) is 51.2 Å². The van der Waals surface area contributed by atoms with Crippen LogP contribution in [0.2, 0.25) is 0 Å². The molecule has 0 radical (unpaired) electrons. The average molecular weight is 248 g/mol. The van der Waals surface area contributed by atoms with Crippen molar-refractivity contribution in [2.75, 3.05) is 12.0 Å². The Morgan fingerprint density at radius 2 is 2.11 bits per heavy atom. The summed E-state index contributed by atoms with van der Waals surface area (Å²) in [4.78, 5) is 18.1. The number of pyridine rings is 1. The molecule has 1 aromatic heterocycles. The number of carbonyl (C=O) groups excluding carboxylic acids is 1. The first-order chi connectivity index (χ1) is 8.45. The van der Waals surface area contributed by atoms with Gasteiger partial charge in [0, 0.05) is 11.7 Å². The van der Waals surface area contributed by atoms with E-state index in [4.69, 9.17) is 4.74 Å². The summed E-state index contributed by atoms with van der Waals surface area (Å²) in [5.41, 5.74) is 0.795. The molecule has 1 aliphatic carbocycles. The van der Waals surface area contributed by atoms with Crippen molar-refractivity contribution >= 4 is 11.9 Å². The molecule has 0 aromatic carbocycles. The number of hydrogen-bond acceptors (Lipinski definition) is 3. The van der Waals surface area contributed by atoms with Gasteiger partial charge in [0.05, 0.1) is 7.11 Å². The van der Waals surface area contributed by atoms with Crippen LogP contribution in [0.15, 0.2) is 18.3 Å². The highest BCUT2D eigenvalue weighted by atomic mass is 16.5. The van der Waals surface area contributed by atoms with Crippen molar-refractivity contribution in [1.82, 2.24) is 4.98 Å². The Bertz CT molecular complexity index is 447. The van der Waals surface area contributed by atoms with E-state index in [0.717, 1.165) is 11.4 Å². The van der Waals surface area contributed by atoms with Crippen LogP contribution < -0.4 is 4.90 Å². The van der Waals surface area contributed by atoms with Crippen LogP contribution in [-0.2, 0) is 4.74 Å². The molecule has 0 spiro atoms.